The van der Waals surface area contributed by atoms with Gasteiger partial charge in [0.1, 0.15) is 0 Å². The number of aliphatic hydroxyl groups is 1. The molecule has 13 atom stereocenters. The summed E-state index contributed by atoms with van der Waals surface area (Å²) in [5, 5.41) is 9.05. The standard InChI is InChI=1S/C28H68F4N4O41P10/c29-33-13-25(17-37)18-72-82(47,48)65-9-10-68-85(53,54)75-23-28(16-36-32)24-77-87(57,58)70-12-11-69-86(55,56)76-22-27(15-35-31)21-74-84(51,52)67-8-6-64-81(45,46)62-4-2-60-79(41,42)59-1-3-61-80(43,44)63-5-7-66-83(49,50)73-20-26(14-34-30)19-71-78(38,39)40/h25-28,33-37H,1-24H2,(H,41,42)(H,43,44)(H,45,46)(H,47,48)(H,49,50)(H,51,52)(H,53,54)(H,55,56)(H,57,58)(H2,38,39,40). The quantitative estimate of drug-likeness (QED) is 0.0172. The summed E-state index contributed by atoms with van der Waals surface area (Å²) < 4.78 is 256. The number of hydrogen-bond donors (Lipinski definition) is 16. The van der Waals surface area contributed by atoms with Crippen LogP contribution >= 0.6 is 78.2 Å². The van der Waals surface area contributed by atoms with Crippen molar-refractivity contribution in [3.63, 3.8) is 0 Å². The molecule has 0 aliphatic rings. The molecule has 0 spiro atoms. The Kier molecular flexibility index (Phi) is 44.7. The molecule has 0 rings (SSSR count). The first kappa shape index (κ1) is 87.6. The van der Waals surface area contributed by atoms with Crippen molar-refractivity contribution in [2.24, 2.45) is 23.7 Å². The van der Waals surface area contributed by atoms with Crippen LogP contribution in [-0.4, -0.2) is 217 Å². The van der Waals surface area contributed by atoms with E-state index in [9.17, 15) is 108 Å². The van der Waals surface area contributed by atoms with Gasteiger partial charge in [-0.2, -0.15) is 22.2 Å². The first-order chi connectivity index (χ1) is 40.2. The highest BCUT2D eigenvalue weighted by Gasteiger charge is 2.33. The zero-order valence-electron chi connectivity index (χ0n) is 44.5. The van der Waals surface area contributed by atoms with Crippen LogP contribution in [0.15, 0.2) is 0 Å². The monoisotopic (exact) mass is 1500 g/mol. The lowest BCUT2D eigenvalue weighted by Gasteiger charge is -2.20. The van der Waals surface area contributed by atoms with Gasteiger partial charge < -0.3 is 58.9 Å². The van der Waals surface area contributed by atoms with Crippen LogP contribution in [0.25, 0.3) is 0 Å². The lowest BCUT2D eigenvalue weighted by Crippen LogP contribution is -2.25. The molecule has 0 amide bonds. The van der Waals surface area contributed by atoms with Gasteiger partial charge in [0.25, 0.3) is 0 Å². The van der Waals surface area contributed by atoms with Crippen molar-refractivity contribution in [2.45, 2.75) is 0 Å². The predicted octanol–water partition coefficient (Wildman–Crippen LogP) is 0.652. The highest BCUT2D eigenvalue weighted by molar-refractivity contribution is 7.49. The van der Waals surface area contributed by atoms with E-state index in [4.69, 9.17) is 14.9 Å². The third kappa shape index (κ3) is 50.7. The average Bonchev–Trinajstić information content (AvgIpc) is 3.64. The Hall–Kier alpha value is 0.620. The molecule has 0 radical (unpaired) electrons. The molecule has 0 aliphatic heterocycles. The minimum atomic E-state index is -5.13. The molecule has 524 valence electrons. The lowest BCUT2D eigenvalue weighted by molar-refractivity contribution is 0.0620. The molecule has 45 nitrogen and oxygen atoms in total. The highest BCUT2D eigenvalue weighted by atomic mass is 31.2. The van der Waals surface area contributed by atoms with Gasteiger partial charge in [0.2, 0.25) is 0 Å². The predicted molar refractivity (Wildman–Crippen MR) is 271 cm³/mol. The third-order valence-corrected chi connectivity index (χ3v) is 18.0. The molecular weight excluding hydrogens is 1430 g/mol. The average molecular weight is 1500 g/mol. The fourth-order valence-corrected chi connectivity index (χ4v) is 11.8. The fraction of sp³-hybridized carbons (Fsp3) is 1.00. The Morgan fingerprint density at radius 3 is 0.529 bits per heavy atom. The van der Waals surface area contributed by atoms with Crippen LogP contribution in [0, 0.1) is 23.7 Å². The molecular formula is C28H68F4N4O41P10. The molecule has 0 bridgehead atoms. The molecule has 0 heterocycles. The summed E-state index contributed by atoms with van der Waals surface area (Å²) in [6, 6.07) is 0. The zero-order chi connectivity index (χ0) is 66.5. The van der Waals surface area contributed by atoms with Gasteiger partial charge in [-0.15, -0.1) is 17.9 Å². The van der Waals surface area contributed by atoms with E-state index in [0.717, 1.165) is 16.6 Å². The Morgan fingerprint density at radius 1 is 0.241 bits per heavy atom. The molecule has 87 heavy (non-hydrogen) atoms. The summed E-state index contributed by atoms with van der Waals surface area (Å²) >= 11 is 0. The van der Waals surface area contributed by atoms with Crippen molar-refractivity contribution in [1.82, 2.24) is 22.2 Å². The van der Waals surface area contributed by atoms with Crippen LogP contribution in [0.4, 0.5) is 17.9 Å². The second kappa shape index (κ2) is 44.4. The van der Waals surface area contributed by atoms with E-state index in [1.165, 1.54) is 5.54 Å². The number of phosphoric acid groups is 10. The van der Waals surface area contributed by atoms with E-state index in [1.54, 1.807) is 0 Å². The first-order valence-corrected chi connectivity index (χ1v) is 38.4. The molecule has 13 unspecified atom stereocenters. The van der Waals surface area contributed by atoms with E-state index >= 15 is 0 Å². The third-order valence-electron chi connectivity index (χ3n) is 8.59. The molecule has 59 heteroatoms. The second-order valence-electron chi connectivity index (χ2n) is 15.8. The molecule has 0 aromatic rings. The Balaban J connectivity index is 4.61. The van der Waals surface area contributed by atoms with E-state index in [0.29, 0.717) is 0 Å². The Labute approximate surface area is 489 Å². The van der Waals surface area contributed by atoms with Crippen molar-refractivity contribution >= 4 is 78.2 Å². The maximum absolute atomic E-state index is 13.0. The van der Waals surface area contributed by atoms with E-state index in [1.807, 2.05) is 0 Å². The summed E-state index contributed by atoms with van der Waals surface area (Å²) in [6.07, 6.45) is 0. The number of aliphatic hydroxyl groups excluding tert-OH is 1. The maximum atomic E-state index is 13.0. The van der Waals surface area contributed by atoms with Crippen LogP contribution in [0.3, 0.4) is 0 Å². The van der Waals surface area contributed by atoms with E-state index in [-0.39, 0.29) is 0 Å². The van der Waals surface area contributed by atoms with Crippen LogP contribution in [0.1, 0.15) is 0 Å². The van der Waals surface area contributed by atoms with Gasteiger partial charge in [0.15, 0.2) is 0 Å². The van der Waals surface area contributed by atoms with Crippen LogP contribution in [-0.2, 0) is 132 Å². The number of halogens is 4. The second-order valence-corrected chi connectivity index (χ2v) is 30.1. The zero-order valence-corrected chi connectivity index (χ0v) is 53.4. The van der Waals surface area contributed by atoms with Gasteiger partial charge >= 0.3 is 78.2 Å². The van der Waals surface area contributed by atoms with Crippen molar-refractivity contribution < 1.29 is 208 Å². The van der Waals surface area contributed by atoms with Crippen molar-refractivity contribution in [1.29, 1.82) is 0 Å². The lowest BCUT2D eigenvalue weighted by atomic mass is 10.2. The summed E-state index contributed by atoms with van der Waals surface area (Å²) in [6.45, 7) is -20.5. The van der Waals surface area contributed by atoms with Gasteiger partial charge in [-0.25, -0.2) is 45.7 Å². The number of rotatable bonds is 60. The topological polar surface area (TPSA) is 637 Å². The molecule has 0 saturated heterocycles. The SMILES string of the molecule is O=P(O)(O)OCC(CNF)COP(=O)(O)OCCOP(=O)(O)OCCOP(=O)(O)OCCOP(=O)(O)OCCOP(=O)(O)OCC(CNF)COP(=O)(O)OCCOP(=O)(O)OCC(CNF)COP(=O)(O)OCCOP(=O)(O)OCC(CO)CNF. The van der Waals surface area contributed by atoms with Gasteiger partial charge in [0, 0.05) is 56.5 Å². The molecule has 0 aromatic heterocycles. The Bertz CT molecular complexity index is 2420. The van der Waals surface area contributed by atoms with Crippen molar-refractivity contribution in [2.75, 3.05) is 158 Å². The Morgan fingerprint density at radius 2 is 0.379 bits per heavy atom. The fourth-order valence-electron chi connectivity index (χ4n) is 4.68. The summed E-state index contributed by atoms with van der Waals surface area (Å²) in [5.74, 6) is -4.85. The maximum Gasteiger partial charge on any atom is 0.472 e. The van der Waals surface area contributed by atoms with Gasteiger partial charge in [-0.05, 0) is 0 Å². The van der Waals surface area contributed by atoms with E-state index in [2.05, 4.69) is 86.0 Å². The summed E-state index contributed by atoms with van der Waals surface area (Å²) in [7, 11) is -50.1. The van der Waals surface area contributed by atoms with Crippen molar-refractivity contribution in [3.05, 3.63) is 0 Å². The molecule has 0 aromatic carbocycles. The molecule has 0 aliphatic carbocycles. The summed E-state index contributed by atoms with van der Waals surface area (Å²) in [5.41, 5.74) is 4.63. The molecule has 0 fully saturated rings. The normalized spacial score (nSPS) is 20.2. The minimum Gasteiger partial charge on any atom is -0.396 e. The van der Waals surface area contributed by atoms with Crippen LogP contribution < -0.4 is 22.2 Å². The number of nitrogens with one attached hydrogen (secondary N) is 4. The van der Waals surface area contributed by atoms with Crippen LogP contribution in [0.5, 0.6) is 0 Å². The summed E-state index contributed by atoms with van der Waals surface area (Å²) in [4.78, 5) is 106. The molecule has 16 N–H and O–H groups in total. The largest absolute Gasteiger partial charge is 0.472 e. The van der Waals surface area contributed by atoms with Crippen LogP contribution in [0.2, 0.25) is 0 Å². The van der Waals surface area contributed by atoms with E-state index < -0.39 is 260 Å². The first-order valence-electron chi connectivity index (χ1n) is 23.4. The van der Waals surface area contributed by atoms with Gasteiger partial charge in [0.05, 0.1) is 126 Å². The molecule has 0 saturated carbocycles. The number of hydrogen-bond acceptors (Lipinski definition) is 34. The highest BCUT2D eigenvalue weighted by Crippen LogP contribution is 2.51. The van der Waals surface area contributed by atoms with Gasteiger partial charge in [-0.3, -0.25) is 86.0 Å². The number of phosphoric ester groups is 10. The smallest absolute Gasteiger partial charge is 0.396 e. The van der Waals surface area contributed by atoms with Gasteiger partial charge in [-0.1, -0.05) is 0 Å². The minimum absolute atomic E-state index is 0.434. The van der Waals surface area contributed by atoms with Crippen molar-refractivity contribution in [3.8, 4) is 0 Å².